The molecule has 0 radical (unpaired) electrons. The predicted octanol–water partition coefficient (Wildman–Crippen LogP) is 6.09. The van der Waals surface area contributed by atoms with Crippen molar-refractivity contribution in [3.8, 4) is 34.5 Å². The topological polar surface area (TPSA) is 111 Å². The fraction of sp³-hybridized carbons (Fsp3) is 0.250. The summed E-state index contributed by atoms with van der Waals surface area (Å²) in [7, 11) is 0. The Kier molecular flexibility index (Phi) is 5.96. The van der Waals surface area contributed by atoms with E-state index in [4.69, 9.17) is 20.9 Å². The quantitative estimate of drug-likeness (QED) is 0.290. The normalized spacial score (nSPS) is 11.1. The molecule has 0 spiro atoms. The molecule has 0 amide bonds. The van der Waals surface area contributed by atoms with E-state index in [0.717, 1.165) is 11.1 Å². The number of phenols is 2. The van der Waals surface area contributed by atoms with Crippen LogP contribution in [-0.4, -0.2) is 10.2 Å². The molecule has 6 heteroatoms. The van der Waals surface area contributed by atoms with Crippen molar-refractivity contribution in [2.45, 2.75) is 39.5 Å². The van der Waals surface area contributed by atoms with Crippen LogP contribution in [0.2, 0.25) is 0 Å². The van der Waals surface area contributed by atoms with Crippen LogP contribution in [0.15, 0.2) is 48.5 Å². The monoisotopic (exact) mass is 408 g/mol. The lowest BCUT2D eigenvalue weighted by Gasteiger charge is -2.15. The number of phenolic OH excluding ortho intramolecular Hbond substituents is 2. The lowest BCUT2D eigenvalue weighted by atomic mass is 10.0. The van der Waals surface area contributed by atoms with E-state index in [0.29, 0.717) is 23.0 Å². The minimum absolute atomic E-state index is 0.0836. The SMILES string of the molecule is CC(C)c1cc(Oc2cccc(Oc3cc(N)c(O)c(C(C)C)c3)c2)cc(N)c1O. The average molecular weight is 408 g/mol. The number of nitrogen functional groups attached to an aromatic ring is 2. The Bertz CT molecular complexity index is 981. The van der Waals surface area contributed by atoms with Gasteiger partial charge in [-0.25, -0.2) is 0 Å². The van der Waals surface area contributed by atoms with Crippen molar-refractivity contribution >= 4 is 11.4 Å². The summed E-state index contributed by atoms with van der Waals surface area (Å²) in [5.41, 5.74) is 13.8. The van der Waals surface area contributed by atoms with Crippen molar-refractivity contribution in [2.75, 3.05) is 11.5 Å². The van der Waals surface area contributed by atoms with Gasteiger partial charge in [0.1, 0.15) is 34.5 Å². The predicted molar refractivity (Wildman–Crippen MR) is 120 cm³/mol. The summed E-state index contributed by atoms with van der Waals surface area (Å²) in [5, 5.41) is 20.3. The number of benzene rings is 3. The van der Waals surface area contributed by atoms with Gasteiger partial charge in [-0.3, -0.25) is 0 Å². The molecule has 0 unspecified atom stereocenters. The average Bonchev–Trinajstić information content (AvgIpc) is 2.67. The van der Waals surface area contributed by atoms with Crippen molar-refractivity contribution < 1.29 is 19.7 Å². The van der Waals surface area contributed by atoms with Crippen molar-refractivity contribution in [2.24, 2.45) is 0 Å². The Morgan fingerprint density at radius 1 is 0.633 bits per heavy atom. The summed E-state index contributed by atoms with van der Waals surface area (Å²) >= 11 is 0. The van der Waals surface area contributed by atoms with Gasteiger partial charge in [0.15, 0.2) is 0 Å². The van der Waals surface area contributed by atoms with E-state index in [1.807, 2.05) is 33.8 Å². The van der Waals surface area contributed by atoms with Crippen LogP contribution in [0.25, 0.3) is 0 Å². The van der Waals surface area contributed by atoms with Gasteiger partial charge in [-0.15, -0.1) is 0 Å². The van der Waals surface area contributed by atoms with Crippen molar-refractivity contribution in [1.29, 1.82) is 0 Å². The summed E-state index contributed by atoms with van der Waals surface area (Å²) in [5.74, 6) is 2.54. The van der Waals surface area contributed by atoms with Gasteiger partial charge in [0, 0.05) is 29.3 Å². The van der Waals surface area contributed by atoms with E-state index >= 15 is 0 Å². The van der Waals surface area contributed by atoms with Crippen molar-refractivity contribution in [3.05, 3.63) is 59.7 Å². The molecule has 3 aromatic rings. The first-order chi connectivity index (χ1) is 14.2. The lowest BCUT2D eigenvalue weighted by Crippen LogP contribution is -1.97. The number of aromatic hydroxyl groups is 2. The summed E-state index contributed by atoms with van der Waals surface area (Å²) in [6.45, 7) is 7.89. The number of hydrogen-bond donors (Lipinski definition) is 4. The number of hydrogen-bond acceptors (Lipinski definition) is 6. The minimum Gasteiger partial charge on any atom is -0.505 e. The molecule has 158 valence electrons. The van der Waals surface area contributed by atoms with Crippen LogP contribution in [0.1, 0.15) is 50.7 Å². The lowest BCUT2D eigenvalue weighted by molar-refractivity contribution is 0.447. The standard InChI is InChI=1S/C24H28N2O4/c1-13(2)19-9-17(11-21(25)23(19)27)29-15-6-5-7-16(8-15)30-18-10-20(14(3)4)24(28)22(26)12-18/h5-14,27-28H,25-26H2,1-4H3. The van der Waals surface area contributed by atoms with Gasteiger partial charge >= 0.3 is 0 Å². The smallest absolute Gasteiger partial charge is 0.142 e. The second-order valence-corrected chi connectivity index (χ2v) is 7.89. The molecule has 0 atom stereocenters. The fourth-order valence-corrected chi connectivity index (χ4v) is 3.17. The third-order valence-corrected chi connectivity index (χ3v) is 4.81. The van der Waals surface area contributed by atoms with Gasteiger partial charge in [-0.1, -0.05) is 33.8 Å². The Morgan fingerprint density at radius 3 is 1.40 bits per heavy atom. The molecule has 6 N–H and O–H groups in total. The summed E-state index contributed by atoms with van der Waals surface area (Å²) in [6, 6.07) is 13.9. The zero-order chi connectivity index (χ0) is 22.0. The van der Waals surface area contributed by atoms with Crippen LogP contribution in [0.3, 0.4) is 0 Å². The highest BCUT2D eigenvalue weighted by Gasteiger charge is 2.14. The first-order valence-corrected chi connectivity index (χ1v) is 9.86. The Labute approximate surface area is 176 Å². The highest BCUT2D eigenvalue weighted by Crippen LogP contribution is 2.39. The van der Waals surface area contributed by atoms with E-state index in [1.54, 1.807) is 42.5 Å². The second-order valence-electron chi connectivity index (χ2n) is 7.89. The molecule has 3 rings (SSSR count). The molecular weight excluding hydrogens is 380 g/mol. The van der Waals surface area contributed by atoms with E-state index in [1.165, 1.54) is 0 Å². The van der Waals surface area contributed by atoms with Crippen LogP contribution in [-0.2, 0) is 0 Å². The molecular formula is C24H28N2O4. The van der Waals surface area contributed by atoms with Crippen LogP contribution < -0.4 is 20.9 Å². The summed E-state index contributed by atoms with van der Waals surface area (Å²) < 4.78 is 11.9. The van der Waals surface area contributed by atoms with E-state index in [2.05, 4.69) is 0 Å². The summed E-state index contributed by atoms with van der Waals surface area (Å²) in [6.07, 6.45) is 0. The van der Waals surface area contributed by atoms with Gasteiger partial charge in [-0.2, -0.15) is 0 Å². The third kappa shape index (κ3) is 4.54. The first kappa shape index (κ1) is 21.2. The second kappa shape index (κ2) is 8.45. The van der Waals surface area contributed by atoms with E-state index in [-0.39, 0.29) is 34.7 Å². The molecule has 30 heavy (non-hydrogen) atoms. The molecule has 0 fully saturated rings. The Morgan fingerprint density at radius 2 is 1.03 bits per heavy atom. The third-order valence-electron chi connectivity index (χ3n) is 4.81. The fourth-order valence-electron chi connectivity index (χ4n) is 3.17. The zero-order valence-corrected chi connectivity index (χ0v) is 17.6. The number of ether oxygens (including phenoxy) is 2. The number of rotatable bonds is 6. The maximum absolute atomic E-state index is 10.1. The largest absolute Gasteiger partial charge is 0.505 e. The van der Waals surface area contributed by atoms with Crippen LogP contribution >= 0.6 is 0 Å². The molecule has 3 aromatic carbocycles. The minimum atomic E-state index is 0.0836. The highest BCUT2D eigenvalue weighted by atomic mass is 16.5. The number of nitrogens with two attached hydrogens (primary N) is 2. The van der Waals surface area contributed by atoms with E-state index in [9.17, 15) is 10.2 Å². The Balaban J connectivity index is 1.86. The molecule has 0 heterocycles. The van der Waals surface area contributed by atoms with Gasteiger partial charge in [-0.05, 0) is 36.1 Å². The van der Waals surface area contributed by atoms with Crippen molar-refractivity contribution in [3.63, 3.8) is 0 Å². The first-order valence-electron chi connectivity index (χ1n) is 9.86. The molecule has 0 saturated carbocycles. The van der Waals surface area contributed by atoms with Crippen LogP contribution in [0, 0.1) is 0 Å². The van der Waals surface area contributed by atoms with Gasteiger partial charge < -0.3 is 31.2 Å². The molecule has 0 aliphatic rings. The molecule has 6 nitrogen and oxygen atoms in total. The molecule has 0 aromatic heterocycles. The molecule has 0 saturated heterocycles. The van der Waals surface area contributed by atoms with Crippen LogP contribution in [0.4, 0.5) is 11.4 Å². The molecule has 0 aliphatic heterocycles. The zero-order valence-electron chi connectivity index (χ0n) is 17.6. The summed E-state index contributed by atoms with van der Waals surface area (Å²) in [4.78, 5) is 0. The maximum atomic E-state index is 10.1. The maximum Gasteiger partial charge on any atom is 0.142 e. The highest BCUT2D eigenvalue weighted by molar-refractivity contribution is 5.62. The van der Waals surface area contributed by atoms with Crippen LogP contribution in [0.5, 0.6) is 34.5 Å². The molecule has 0 bridgehead atoms. The van der Waals surface area contributed by atoms with E-state index < -0.39 is 0 Å². The van der Waals surface area contributed by atoms with Gasteiger partial charge in [0.25, 0.3) is 0 Å². The molecule has 0 aliphatic carbocycles. The van der Waals surface area contributed by atoms with Crippen molar-refractivity contribution in [1.82, 2.24) is 0 Å². The Hall–Kier alpha value is -3.54. The van der Waals surface area contributed by atoms with Gasteiger partial charge in [0.2, 0.25) is 0 Å². The van der Waals surface area contributed by atoms with Gasteiger partial charge in [0.05, 0.1) is 11.4 Å². The number of anilines is 2.